The number of thiol groups is 1. The molecule has 0 spiro atoms. The Morgan fingerprint density at radius 1 is 1.11 bits per heavy atom. The Bertz CT molecular complexity index is 443. The number of carbonyl (C=O) groups is 2. The lowest BCUT2D eigenvalue weighted by Gasteiger charge is -2.22. The Morgan fingerprint density at radius 2 is 1.68 bits per heavy atom. The fraction of sp³-hybridized carbons (Fsp3) is 0.429. The van der Waals surface area contributed by atoms with Gasteiger partial charge in [0.1, 0.15) is 0 Å². The number of nitrogens with zero attached hydrogens (tertiary/aromatic N) is 2. The van der Waals surface area contributed by atoms with Gasteiger partial charge in [-0.3, -0.25) is 9.59 Å². The van der Waals surface area contributed by atoms with E-state index in [2.05, 4.69) is 12.6 Å². The molecule has 0 saturated heterocycles. The summed E-state index contributed by atoms with van der Waals surface area (Å²) in [6.45, 7) is 2.54. The number of rotatable bonds is 5. The van der Waals surface area contributed by atoms with Crippen LogP contribution in [0.25, 0.3) is 0 Å². The first-order valence-electron chi connectivity index (χ1n) is 6.20. The van der Waals surface area contributed by atoms with Crippen molar-refractivity contribution in [2.75, 3.05) is 27.2 Å². The van der Waals surface area contributed by atoms with E-state index in [4.69, 9.17) is 0 Å². The minimum absolute atomic E-state index is 0.0374. The first-order chi connectivity index (χ1) is 8.93. The van der Waals surface area contributed by atoms with Gasteiger partial charge in [-0.2, -0.15) is 0 Å². The highest BCUT2D eigenvalue weighted by Crippen LogP contribution is 2.09. The van der Waals surface area contributed by atoms with Gasteiger partial charge in [0.2, 0.25) is 11.8 Å². The van der Waals surface area contributed by atoms with Gasteiger partial charge in [0.25, 0.3) is 0 Å². The fourth-order valence-corrected chi connectivity index (χ4v) is 1.73. The van der Waals surface area contributed by atoms with Crippen molar-refractivity contribution in [3.63, 3.8) is 0 Å². The topological polar surface area (TPSA) is 40.6 Å². The molecular formula is C14H20N2O2S. The molecule has 19 heavy (non-hydrogen) atoms. The summed E-state index contributed by atoms with van der Waals surface area (Å²) < 4.78 is 0. The van der Waals surface area contributed by atoms with Gasteiger partial charge in [-0.25, -0.2) is 0 Å². The second-order valence-corrected chi connectivity index (χ2v) is 5.06. The number of hydrogen-bond acceptors (Lipinski definition) is 3. The Balaban J connectivity index is 2.63. The Hall–Kier alpha value is -1.49. The van der Waals surface area contributed by atoms with Gasteiger partial charge in [-0.1, -0.05) is 12.1 Å². The van der Waals surface area contributed by atoms with Crippen molar-refractivity contribution >= 4 is 24.4 Å². The van der Waals surface area contributed by atoms with Crippen LogP contribution in [-0.4, -0.2) is 48.8 Å². The summed E-state index contributed by atoms with van der Waals surface area (Å²) in [6, 6.07) is 7.46. The third-order valence-corrected chi connectivity index (χ3v) is 3.15. The summed E-state index contributed by atoms with van der Waals surface area (Å²) in [5.41, 5.74) is 0.929. The van der Waals surface area contributed by atoms with Crippen molar-refractivity contribution < 1.29 is 9.59 Å². The standard InChI is InChI=1S/C14H20N2O2S/c1-4-16(10-14(18)15(2)3)13(17)9-11-5-7-12(19)8-6-11/h5-8,19H,4,9-10H2,1-3H3. The minimum atomic E-state index is -0.0686. The summed E-state index contributed by atoms with van der Waals surface area (Å²) in [5.74, 6) is -0.106. The van der Waals surface area contributed by atoms with Crippen LogP contribution < -0.4 is 0 Å². The first kappa shape index (κ1) is 15.6. The van der Waals surface area contributed by atoms with Crippen LogP contribution in [-0.2, 0) is 16.0 Å². The van der Waals surface area contributed by atoms with Crippen molar-refractivity contribution in [1.82, 2.24) is 9.80 Å². The van der Waals surface area contributed by atoms with Crippen molar-refractivity contribution in [1.29, 1.82) is 0 Å². The molecule has 104 valence electrons. The van der Waals surface area contributed by atoms with Crippen LogP contribution in [0.5, 0.6) is 0 Å². The molecule has 2 amide bonds. The van der Waals surface area contributed by atoms with Crippen LogP contribution in [0, 0.1) is 0 Å². The molecule has 4 nitrogen and oxygen atoms in total. The fourth-order valence-electron chi connectivity index (χ4n) is 1.58. The number of hydrogen-bond donors (Lipinski definition) is 1. The van der Waals surface area contributed by atoms with Crippen LogP contribution in [0.2, 0.25) is 0 Å². The number of amides is 2. The molecule has 1 rings (SSSR count). The molecule has 1 aromatic rings. The molecule has 0 bridgehead atoms. The van der Waals surface area contributed by atoms with E-state index < -0.39 is 0 Å². The molecule has 0 aliphatic carbocycles. The Labute approximate surface area is 119 Å². The molecular weight excluding hydrogens is 260 g/mol. The second-order valence-electron chi connectivity index (χ2n) is 4.54. The minimum Gasteiger partial charge on any atom is -0.347 e. The third kappa shape index (κ3) is 4.95. The molecule has 5 heteroatoms. The highest BCUT2D eigenvalue weighted by Gasteiger charge is 2.16. The number of benzene rings is 1. The molecule has 0 unspecified atom stereocenters. The van der Waals surface area contributed by atoms with Crippen molar-refractivity contribution in [3.8, 4) is 0 Å². The summed E-state index contributed by atoms with van der Waals surface area (Å²) in [7, 11) is 3.37. The van der Waals surface area contributed by atoms with Gasteiger partial charge in [0, 0.05) is 25.5 Å². The highest BCUT2D eigenvalue weighted by atomic mass is 32.1. The largest absolute Gasteiger partial charge is 0.347 e. The predicted molar refractivity (Wildman–Crippen MR) is 78.3 cm³/mol. The smallest absolute Gasteiger partial charge is 0.241 e. The van der Waals surface area contributed by atoms with E-state index in [1.54, 1.807) is 19.0 Å². The lowest BCUT2D eigenvalue weighted by atomic mass is 10.1. The molecule has 0 saturated carbocycles. The van der Waals surface area contributed by atoms with E-state index in [0.717, 1.165) is 10.5 Å². The third-order valence-electron chi connectivity index (χ3n) is 2.85. The maximum absolute atomic E-state index is 12.1. The van der Waals surface area contributed by atoms with E-state index >= 15 is 0 Å². The zero-order valence-corrected chi connectivity index (χ0v) is 12.5. The number of carbonyl (C=O) groups excluding carboxylic acids is 2. The summed E-state index contributed by atoms with van der Waals surface area (Å²) in [5, 5.41) is 0. The van der Waals surface area contributed by atoms with Gasteiger partial charge in [0.05, 0.1) is 13.0 Å². The lowest BCUT2D eigenvalue weighted by molar-refractivity contribution is -0.138. The molecule has 0 aromatic heterocycles. The molecule has 0 fully saturated rings. The van der Waals surface area contributed by atoms with Gasteiger partial charge in [0.15, 0.2) is 0 Å². The molecule has 0 aliphatic rings. The Kier molecular flexibility index (Phi) is 5.89. The maximum atomic E-state index is 12.1. The monoisotopic (exact) mass is 280 g/mol. The molecule has 0 N–H and O–H groups in total. The highest BCUT2D eigenvalue weighted by molar-refractivity contribution is 7.80. The summed E-state index contributed by atoms with van der Waals surface area (Å²) in [6.07, 6.45) is 0.308. The van der Waals surface area contributed by atoms with Gasteiger partial charge < -0.3 is 9.80 Å². The van der Waals surface area contributed by atoms with E-state index in [1.807, 2.05) is 31.2 Å². The van der Waals surface area contributed by atoms with E-state index in [-0.39, 0.29) is 18.4 Å². The van der Waals surface area contributed by atoms with E-state index in [0.29, 0.717) is 13.0 Å². The van der Waals surface area contributed by atoms with Crippen molar-refractivity contribution in [3.05, 3.63) is 29.8 Å². The molecule has 0 atom stereocenters. The Morgan fingerprint density at radius 3 is 2.16 bits per heavy atom. The lowest BCUT2D eigenvalue weighted by Crippen LogP contribution is -2.40. The molecule has 0 radical (unpaired) electrons. The van der Waals surface area contributed by atoms with Crippen molar-refractivity contribution in [2.24, 2.45) is 0 Å². The van der Waals surface area contributed by atoms with E-state index in [9.17, 15) is 9.59 Å². The van der Waals surface area contributed by atoms with Crippen LogP contribution in [0.15, 0.2) is 29.2 Å². The average molecular weight is 280 g/mol. The first-order valence-corrected chi connectivity index (χ1v) is 6.64. The van der Waals surface area contributed by atoms with Crippen LogP contribution >= 0.6 is 12.6 Å². The van der Waals surface area contributed by atoms with Crippen LogP contribution in [0.3, 0.4) is 0 Å². The van der Waals surface area contributed by atoms with Gasteiger partial charge in [-0.05, 0) is 24.6 Å². The summed E-state index contributed by atoms with van der Waals surface area (Å²) >= 11 is 4.20. The zero-order chi connectivity index (χ0) is 14.4. The van der Waals surface area contributed by atoms with Crippen molar-refractivity contribution in [2.45, 2.75) is 18.2 Å². The van der Waals surface area contributed by atoms with Gasteiger partial charge >= 0.3 is 0 Å². The van der Waals surface area contributed by atoms with E-state index in [1.165, 1.54) is 4.90 Å². The SMILES string of the molecule is CCN(CC(=O)N(C)C)C(=O)Cc1ccc(S)cc1. The van der Waals surface area contributed by atoms with Gasteiger partial charge in [-0.15, -0.1) is 12.6 Å². The normalized spacial score (nSPS) is 10.1. The molecule has 1 aromatic carbocycles. The maximum Gasteiger partial charge on any atom is 0.241 e. The zero-order valence-electron chi connectivity index (χ0n) is 11.6. The quantitative estimate of drug-likeness (QED) is 0.830. The molecule has 0 heterocycles. The van der Waals surface area contributed by atoms with Crippen LogP contribution in [0.4, 0.5) is 0 Å². The molecule has 0 aliphatic heterocycles. The summed E-state index contributed by atoms with van der Waals surface area (Å²) in [4.78, 5) is 27.7. The average Bonchev–Trinajstić information content (AvgIpc) is 2.38. The van der Waals surface area contributed by atoms with Crippen LogP contribution in [0.1, 0.15) is 12.5 Å². The predicted octanol–water partition coefficient (Wildman–Crippen LogP) is 1.45. The number of likely N-dealkylation sites (N-methyl/N-ethyl adjacent to an activating group) is 2. The second kappa shape index (κ2) is 7.19.